The first-order valence-corrected chi connectivity index (χ1v) is 7.70. The predicted molar refractivity (Wildman–Crippen MR) is 81.9 cm³/mol. The number of carbonyl (C=O) groups excluding carboxylic acids is 1. The van der Waals surface area contributed by atoms with Crippen LogP contribution in [0.5, 0.6) is 0 Å². The summed E-state index contributed by atoms with van der Waals surface area (Å²) < 4.78 is 5.10. The fourth-order valence-corrected chi connectivity index (χ4v) is 2.72. The van der Waals surface area contributed by atoms with Crippen molar-refractivity contribution in [1.29, 1.82) is 0 Å². The molecule has 2 amide bonds. The van der Waals surface area contributed by atoms with Crippen molar-refractivity contribution in [2.45, 2.75) is 32.2 Å². The number of nitrogens with zero attached hydrogens (tertiary/aromatic N) is 2. The van der Waals surface area contributed by atoms with E-state index in [2.05, 4.69) is 10.3 Å². The molecule has 0 spiro atoms. The molecule has 0 unspecified atom stereocenters. The molecule has 0 atom stereocenters. The summed E-state index contributed by atoms with van der Waals surface area (Å²) >= 11 is 0. The minimum atomic E-state index is -0.0113. The lowest BCUT2D eigenvalue weighted by molar-refractivity contribution is 0.145. The van der Waals surface area contributed by atoms with Gasteiger partial charge in [0.1, 0.15) is 0 Å². The van der Waals surface area contributed by atoms with Crippen molar-refractivity contribution in [2.75, 3.05) is 26.8 Å². The molecule has 1 N–H and O–H groups in total. The molecule has 1 aliphatic carbocycles. The fourth-order valence-electron chi connectivity index (χ4n) is 2.72. The molecule has 0 aromatic carbocycles. The Morgan fingerprint density at radius 2 is 2.29 bits per heavy atom. The maximum Gasteiger partial charge on any atom is 0.317 e. The molecular weight excluding hydrogens is 266 g/mol. The average molecular weight is 291 g/mol. The molecule has 0 saturated heterocycles. The molecule has 5 nitrogen and oxygen atoms in total. The molecule has 1 aliphatic rings. The number of pyridine rings is 1. The van der Waals surface area contributed by atoms with E-state index in [0.29, 0.717) is 25.6 Å². The van der Waals surface area contributed by atoms with Crippen LogP contribution in [-0.2, 0) is 11.3 Å². The highest BCUT2D eigenvalue weighted by atomic mass is 16.5. The molecule has 5 heteroatoms. The third-order valence-corrected chi connectivity index (χ3v) is 3.97. The molecule has 1 aromatic heterocycles. The third-order valence-electron chi connectivity index (χ3n) is 3.97. The number of rotatable bonds is 7. The minimum absolute atomic E-state index is 0.0113. The Labute approximate surface area is 126 Å². The van der Waals surface area contributed by atoms with Gasteiger partial charge in [0, 0.05) is 39.1 Å². The highest BCUT2D eigenvalue weighted by Crippen LogP contribution is 2.23. The van der Waals surface area contributed by atoms with Crippen molar-refractivity contribution in [3.05, 3.63) is 30.1 Å². The second-order valence-corrected chi connectivity index (χ2v) is 5.61. The van der Waals surface area contributed by atoms with E-state index in [1.807, 2.05) is 12.1 Å². The van der Waals surface area contributed by atoms with Gasteiger partial charge >= 0.3 is 6.03 Å². The average Bonchev–Trinajstić information content (AvgIpc) is 3.03. The molecule has 116 valence electrons. The Balaban J connectivity index is 1.86. The number of hydrogen-bond donors (Lipinski definition) is 1. The van der Waals surface area contributed by atoms with Crippen LogP contribution in [0.3, 0.4) is 0 Å². The third kappa shape index (κ3) is 5.34. The SMILES string of the molecule is COCCN(Cc1cccnc1)C(=O)NCC1CCCC1. The first-order valence-electron chi connectivity index (χ1n) is 7.70. The zero-order chi connectivity index (χ0) is 14.9. The molecule has 0 aliphatic heterocycles. The van der Waals surface area contributed by atoms with E-state index < -0.39 is 0 Å². The van der Waals surface area contributed by atoms with Crippen LogP contribution in [0, 0.1) is 5.92 Å². The van der Waals surface area contributed by atoms with E-state index in [4.69, 9.17) is 4.74 Å². The van der Waals surface area contributed by atoms with Crippen molar-refractivity contribution < 1.29 is 9.53 Å². The van der Waals surface area contributed by atoms with Gasteiger partial charge in [0.15, 0.2) is 0 Å². The molecule has 2 rings (SSSR count). The van der Waals surface area contributed by atoms with Gasteiger partial charge in [0.2, 0.25) is 0 Å². The van der Waals surface area contributed by atoms with Crippen molar-refractivity contribution in [3.8, 4) is 0 Å². The highest BCUT2D eigenvalue weighted by Gasteiger charge is 2.18. The summed E-state index contributed by atoms with van der Waals surface area (Å²) in [6.07, 6.45) is 8.60. The van der Waals surface area contributed by atoms with Gasteiger partial charge in [-0.1, -0.05) is 18.9 Å². The number of aromatic nitrogens is 1. The van der Waals surface area contributed by atoms with Gasteiger partial charge in [-0.2, -0.15) is 0 Å². The molecule has 0 bridgehead atoms. The van der Waals surface area contributed by atoms with Crippen molar-refractivity contribution >= 4 is 6.03 Å². The number of hydrogen-bond acceptors (Lipinski definition) is 3. The van der Waals surface area contributed by atoms with Gasteiger partial charge < -0.3 is 15.0 Å². The highest BCUT2D eigenvalue weighted by molar-refractivity contribution is 5.74. The van der Waals surface area contributed by atoms with Crippen LogP contribution in [0.1, 0.15) is 31.2 Å². The number of urea groups is 1. The van der Waals surface area contributed by atoms with Gasteiger partial charge in [-0.25, -0.2) is 4.79 Å². The van der Waals surface area contributed by atoms with Crippen LogP contribution in [0.25, 0.3) is 0 Å². The number of nitrogens with one attached hydrogen (secondary N) is 1. The molecule has 1 heterocycles. The molecule has 1 fully saturated rings. The lowest BCUT2D eigenvalue weighted by Crippen LogP contribution is -2.42. The van der Waals surface area contributed by atoms with Gasteiger partial charge in [-0.05, 0) is 30.4 Å². The molecule has 1 aromatic rings. The minimum Gasteiger partial charge on any atom is -0.383 e. The van der Waals surface area contributed by atoms with Crippen molar-refractivity contribution in [3.63, 3.8) is 0 Å². The predicted octanol–water partition coefficient (Wildman–Crippen LogP) is 2.43. The van der Waals surface area contributed by atoms with Crippen molar-refractivity contribution in [1.82, 2.24) is 15.2 Å². The first-order chi connectivity index (χ1) is 10.3. The van der Waals surface area contributed by atoms with E-state index in [1.165, 1.54) is 25.7 Å². The van der Waals surface area contributed by atoms with Crippen LogP contribution in [0.4, 0.5) is 4.79 Å². The smallest absolute Gasteiger partial charge is 0.317 e. The summed E-state index contributed by atoms with van der Waals surface area (Å²) in [6.45, 7) is 2.47. The quantitative estimate of drug-likeness (QED) is 0.839. The Kier molecular flexibility index (Phi) is 6.47. The van der Waals surface area contributed by atoms with E-state index in [1.54, 1.807) is 24.4 Å². The maximum atomic E-state index is 12.3. The van der Waals surface area contributed by atoms with Gasteiger partial charge in [0.05, 0.1) is 6.61 Å². The number of methoxy groups -OCH3 is 1. The van der Waals surface area contributed by atoms with E-state index >= 15 is 0 Å². The van der Waals surface area contributed by atoms with Crippen LogP contribution in [0.15, 0.2) is 24.5 Å². The van der Waals surface area contributed by atoms with Gasteiger partial charge in [0.25, 0.3) is 0 Å². The first kappa shape index (κ1) is 15.8. The van der Waals surface area contributed by atoms with Crippen LogP contribution >= 0.6 is 0 Å². The molecule has 0 radical (unpaired) electrons. The summed E-state index contributed by atoms with van der Waals surface area (Å²) in [7, 11) is 1.65. The summed E-state index contributed by atoms with van der Waals surface area (Å²) in [6, 6.07) is 3.86. The Morgan fingerprint density at radius 1 is 1.48 bits per heavy atom. The maximum absolute atomic E-state index is 12.3. The zero-order valence-electron chi connectivity index (χ0n) is 12.8. The summed E-state index contributed by atoms with van der Waals surface area (Å²) in [4.78, 5) is 18.2. The summed E-state index contributed by atoms with van der Waals surface area (Å²) in [5.74, 6) is 0.650. The molecular formula is C16H25N3O2. The van der Waals surface area contributed by atoms with E-state index in [0.717, 1.165) is 12.1 Å². The second-order valence-electron chi connectivity index (χ2n) is 5.61. The number of amides is 2. The zero-order valence-corrected chi connectivity index (χ0v) is 12.8. The lowest BCUT2D eigenvalue weighted by atomic mass is 10.1. The molecule has 1 saturated carbocycles. The van der Waals surface area contributed by atoms with Crippen LogP contribution in [0.2, 0.25) is 0 Å². The van der Waals surface area contributed by atoms with E-state index in [-0.39, 0.29) is 6.03 Å². The van der Waals surface area contributed by atoms with Gasteiger partial charge in [-0.15, -0.1) is 0 Å². The largest absolute Gasteiger partial charge is 0.383 e. The second kappa shape index (κ2) is 8.62. The normalized spacial score (nSPS) is 15.1. The summed E-state index contributed by atoms with van der Waals surface area (Å²) in [5.41, 5.74) is 1.03. The fraction of sp³-hybridized carbons (Fsp3) is 0.625. The molecule has 21 heavy (non-hydrogen) atoms. The topological polar surface area (TPSA) is 54.5 Å². The van der Waals surface area contributed by atoms with Crippen LogP contribution in [-0.4, -0.2) is 42.7 Å². The standard InChI is InChI=1S/C16H25N3O2/c1-21-10-9-19(13-15-7-4-8-17-11-15)16(20)18-12-14-5-2-3-6-14/h4,7-8,11,14H,2-3,5-6,9-10,12-13H2,1H3,(H,18,20). The Morgan fingerprint density at radius 3 is 2.95 bits per heavy atom. The Bertz CT molecular complexity index is 419. The monoisotopic (exact) mass is 291 g/mol. The Hall–Kier alpha value is -1.62. The lowest BCUT2D eigenvalue weighted by Gasteiger charge is -2.23. The van der Waals surface area contributed by atoms with E-state index in [9.17, 15) is 4.79 Å². The van der Waals surface area contributed by atoms with Crippen molar-refractivity contribution in [2.24, 2.45) is 5.92 Å². The number of carbonyl (C=O) groups is 1. The van der Waals surface area contributed by atoms with Gasteiger partial charge in [-0.3, -0.25) is 4.98 Å². The summed E-state index contributed by atoms with van der Waals surface area (Å²) in [5, 5.41) is 3.06. The van der Waals surface area contributed by atoms with Crippen LogP contribution < -0.4 is 5.32 Å². The number of ether oxygens (including phenoxy) is 1.